The number of rotatable bonds is 5. The Morgan fingerprint density at radius 3 is 2.77 bits per heavy atom. The van der Waals surface area contributed by atoms with Crippen LogP contribution >= 0.6 is 11.6 Å². The molecule has 0 atom stereocenters. The van der Waals surface area contributed by atoms with Gasteiger partial charge in [0.1, 0.15) is 5.02 Å². The van der Waals surface area contributed by atoms with Crippen LogP contribution in [0.25, 0.3) is 10.8 Å². The number of halogens is 1. The molecule has 6 nitrogen and oxygen atoms in total. The molecule has 118 valence electrons. The molecule has 7 heteroatoms. The van der Waals surface area contributed by atoms with Crippen LogP contribution in [-0.2, 0) is 4.74 Å². The number of hydrogen-bond donors (Lipinski definition) is 1. The van der Waals surface area contributed by atoms with Gasteiger partial charge in [-0.15, -0.1) is 0 Å². The Hall–Kier alpha value is -2.21. The highest BCUT2D eigenvalue weighted by Gasteiger charge is 2.14. The van der Waals surface area contributed by atoms with Crippen LogP contribution in [0.2, 0.25) is 5.02 Å². The molecular weight excluding hydrogens is 310 g/mol. The zero-order valence-electron chi connectivity index (χ0n) is 12.3. The largest absolute Gasteiger partial charge is 0.464 e. The average Bonchev–Trinajstić information content (AvgIpc) is 2.49. The molecule has 0 bridgehead atoms. The predicted octanol–water partition coefficient (Wildman–Crippen LogP) is 3.80. The Bertz CT molecular complexity index is 741. The molecule has 0 aliphatic rings. The van der Waals surface area contributed by atoms with Crippen LogP contribution in [0.4, 0.5) is 10.5 Å². The van der Waals surface area contributed by atoms with Crippen molar-refractivity contribution in [2.45, 2.75) is 20.3 Å². The van der Waals surface area contributed by atoms with Crippen molar-refractivity contribution in [3.05, 3.63) is 33.6 Å². The van der Waals surface area contributed by atoms with E-state index >= 15 is 0 Å². The van der Waals surface area contributed by atoms with Crippen LogP contribution < -0.4 is 15.7 Å². The topological polar surface area (TPSA) is 77.8 Å². The van der Waals surface area contributed by atoms with Crippen LogP contribution in [-0.4, -0.2) is 19.3 Å². The smallest absolute Gasteiger partial charge is 0.411 e. The van der Waals surface area contributed by atoms with E-state index in [9.17, 15) is 9.59 Å². The first-order valence-electron chi connectivity index (χ1n) is 6.89. The van der Waals surface area contributed by atoms with Gasteiger partial charge < -0.3 is 13.9 Å². The number of carbonyl (C=O) groups is 1. The number of ether oxygens (including phenoxy) is 2. The lowest BCUT2D eigenvalue weighted by Gasteiger charge is -2.09. The SMILES string of the molecule is CCCOc1oc(=O)c2cc(NC(=O)OCC)ccc2c1Cl. The van der Waals surface area contributed by atoms with E-state index in [1.165, 1.54) is 6.07 Å². The molecule has 0 aliphatic heterocycles. The number of hydrogen-bond acceptors (Lipinski definition) is 5. The maximum Gasteiger partial charge on any atom is 0.411 e. The summed E-state index contributed by atoms with van der Waals surface area (Å²) in [5.41, 5.74) is -0.172. The molecule has 22 heavy (non-hydrogen) atoms. The number of anilines is 1. The summed E-state index contributed by atoms with van der Waals surface area (Å²) in [7, 11) is 0. The molecule has 1 aromatic carbocycles. The monoisotopic (exact) mass is 325 g/mol. The lowest BCUT2D eigenvalue weighted by molar-refractivity contribution is 0.168. The van der Waals surface area contributed by atoms with Crippen molar-refractivity contribution in [2.75, 3.05) is 18.5 Å². The van der Waals surface area contributed by atoms with Gasteiger partial charge in [0.25, 0.3) is 0 Å². The van der Waals surface area contributed by atoms with Crippen molar-refractivity contribution in [1.82, 2.24) is 0 Å². The van der Waals surface area contributed by atoms with E-state index in [1.807, 2.05) is 6.92 Å². The van der Waals surface area contributed by atoms with Crippen molar-refractivity contribution < 1.29 is 18.7 Å². The molecule has 1 heterocycles. The van der Waals surface area contributed by atoms with Gasteiger partial charge in [-0.3, -0.25) is 5.32 Å². The van der Waals surface area contributed by atoms with Gasteiger partial charge in [-0.05, 0) is 25.5 Å². The van der Waals surface area contributed by atoms with Crippen molar-refractivity contribution >= 4 is 34.2 Å². The minimum Gasteiger partial charge on any atom is -0.464 e. The highest BCUT2D eigenvalue weighted by atomic mass is 35.5. The van der Waals surface area contributed by atoms with Gasteiger partial charge >= 0.3 is 17.7 Å². The van der Waals surface area contributed by atoms with Crippen LogP contribution in [0.3, 0.4) is 0 Å². The summed E-state index contributed by atoms with van der Waals surface area (Å²) in [6, 6.07) is 4.72. The maximum absolute atomic E-state index is 12.0. The van der Waals surface area contributed by atoms with Crippen molar-refractivity contribution in [2.24, 2.45) is 0 Å². The molecule has 1 aromatic heterocycles. The Morgan fingerprint density at radius 2 is 2.09 bits per heavy atom. The van der Waals surface area contributed by atoms with Gasteiger partial charge in [0.05, 0.1) is 18.6 Å². The molecule has 2 rings (SSSR count). The summed E-state index contributed by atoms with van der Waals surface area (Å²) in [5, 5.41) is 3.49. The molecule has 0 radical (unpaired) electrons. The van der Waals surface area contributed by atoms with E-state index in [2.05, 4.69) is 5.32 Å². The first-order chi connectivity index (χ1) is 10.6. The third-order valence-corrected chi connectivity index (χ3v) is 3.16. The second kappa shape index (κ2) is 7.17. The molecule has 1 amide bonds. The summed E-state index contributed by atoms with van der Waals surface area (Å²) in [6.45, 7) is 4.29. The third kappa shape index (κ3) is 3.51. The number of fused-ring (bicyclic) bond motifs is 1. The third-order valence-electron chi connectivity index (χ3n) is 2.80. The van der Waals surface area contributed by atoms with Crippen LogP contribution in [0.5, 0.6) is 5.95 Å². The average molecular weight is 326 g/mol. The van der Waals surface area contributed by atoms with E-state index in [1.54, 1.807) is 19.1 Å². The summed E-state index contributed by atoms with van der Waals surface area (Å²) < 4.78 is 15.2. The van der Waals surface area contributed by atoms with Crippen LogP contribution in [0.15, 0.2) is 27.4 Å². The molecule has 0 unspecified atom stereocenters. The van der Waals surface area contributed by atoms with Gasteiger partial charge in [-0.2, -0.15) is 0 Å². The summed E-state index contributed by atoms with van der Waals surface area (Å²) in [5.74, 6) is 0.00659. The molecular formula is C15H16ClNO5. The van der Waals surface area contributed by atoms with E-state index in [4.69, 9.17) is 25.5 Å². The summed E-state index contributed by atoms with van der Waals surface area (Å²) in [6.07, 6.45) is 0.167. The van der Waals surface area contributed by atoms with Crippen molar-refractivity contribution in [3.63, 3.8) is 0 Å². The fraction of sp³-hybridized carbons (Fsp3) is 0.333. The second-order valence-corrected chi connectivity index (χ2v) is 4.82. The molecule has 0 saturated carbocycles. The zero-order valence-corrected chi connectivity index (χ0v) is 13.0. The van der Waals surface area contributed by atoms with E-state index in [0.717, 1.165) is 6.42 Å². The Kier molecular flexibility index (Phi) is 5.27. The van der Waals surface area contributed by atoms with Crippen molar-refractivity contribution in [1.29, 1.82) is 0 Å². The lowest BCUT2D eigenvalue weighted by atomic mass is 10.1. The van der Waals surface area contributed by atoms with Gasteiger partial charge in [0.15, 0.2) is 0 Å². The minimum absolute atomic E-state index is 0.00659. The predicted molar refractivity (Wildman–Crippen MR) is 83.9 cm³/mol. The van der Waals surface area contributed by atoms with Crippen molar-refractivity contribution in [3.8, 4) is 5.95 Å². The van der Waals surface area contributed by atoms with Gasteiger partial charge in [0, 0.05) is 11.1 Å². The summed E-state index contributed by atoms with van der Waals surface area (Å²) >= 11 is 6.19. The molecule has 2 aromatic rings. The summed E-state index contributed by atoms with van der Waals surface area (Å²) in [4.78, 5) is 23.4. The highest BCUT2D eigenvalue weighted by Crippen LogP contribution is 2.31. The molecule has 1 N–H and O–H groups in total. The highest BCUT2D eigenvalue weighted by molar-refractivity contribution is 6.36. The lowest BCUT2D eigenvalue weighted by Crippen LogP contribution is -2.13. The van der Waals surface area contributed by atoms with Crippen LogP contribution in [0, 0.1) is 0 Å². The first kappa shape index (κ1) is 16.2. The van der Waals surface area contributed by atoms with Gasteiger partial charge in [-0.1, -0.05) is 24.6 Å². The second-order valence-electron chi connectivity index (χ2n) is 4.45. The van der Waals surface area contributed by atoms with E-state index in [0.29, 0.717) is 17.7 Å². The molecule has 0 aliphatic carbocycles. The Labute approximate surface area is 132 Å². The normalized spacial score (nSPS) is 10.5. The zero-order chi connectivity index (χ0) is 16.1. The minimum atomic E-state index is -0.597. The molecule has 0 saturated heterocycles. The van der Waals surface area contributed by atoms with E-state index in [-0.39, 0.29) is 23.0 Å². The number of carbonyl (C=O) groups excluding carboxylic acids is 1. The standard InChI is InChI=1S/C15H16ClNO5/c1-3-7-21-14-12(16)10-6-5-9(17-15(19)20-4-2)8-11(10)13(18)22-14/h5-6,8H,3-4,7H2,1-2H3,(H,17,19). The van der Waals surface area contributed by atoms with E-state index < -0.39 is 11.7 Å². The molecule has 0 fully saturated rings. The Morgan fingerprint density at radius 1 is 1.32 bits per heavy atom. The number of benzene rings is 1. The van der Waals surface area contributed by atoms with Gasteiger partial charge in [-0.25, -0.2) is 9.59 Å². The quantitative estimate of drug-likeness (QED) is 0.904. The maximum atomic E-state index is 12.0. The van der Waals surface area contributed by atoms with Gasteiger partial charge in [0.2, 0.25) is 0 Å². The fourth-order valence-electron chi connectivity index (χ4n) is 1.85. The molecule has 0 spiro atoms. The fourth-order valence-corrected chi connectivity index (χ4v) is 2.11. The first-order valence-corrected chi connectivity index (χ1v) is 7.27. The Balaban J connectivity index is 2.39. The number of amides is 1. The van der Waals surface area contributed by atoms with Crippen LogP contribution in [0.1, 0.15) is 20.3 Å². The number of nitrogens with one attached hydrogen (secondary N) is 1.